The lowest BCUT2D eigenvalue weighted by molar-refractivity contribution is -0.125. The Hall–Kier alpha value is -2.93. The van der Waals surface area contributed by atoms with Gasteiger partial charge in [0.1, 0.15) is 11.9 Å². The molecule has 3 rings (SSSR count). The topological polar surface area (TPSA) is 77.1 Å². The van der Waals surface area contributed by atoms with Gasteiger partial charge in [0.25, 0.3) is 0 Å². The predicted octanol–water partition coefficient (Wildman–Crippen LogP) is 3.57. The van der Waals surface area contributed by atoms with Gasteiger partial charge in [0.15, 0.2) is 11.5 Å². The van der Waals surface area contributed by atoms with E-state index in [1.165, 1.54) is 0 Å². The van der Waals surface area contributed by atoms with E-state index in [0.717, 1.165) is 5.56 Å². The third-order valence-electron chi connectivity index (χ3n) is 4.81. The highest BCUT2D eigenvalue weighted by Crippen LogP contribution is 2.36. The van der Waals surface area contributed by atoms with Crippen molar-refractivity contribution in [3.8, 4) is 17.2 Å². The van der Waals surface area contributed by atoms with Gasteiger partial charge >= 0.3 is 0 Å². The smallest absolute Gasteiger partial charge is 0.227 e. The van der Waals surface area contributed by atoms with Crippen LogP contribution in [0.15, 0.2) is 36.4 Å². The number of para-hydroxylation sites is 1. The average Bonchev–Trinajstić information content (AvgIpc) is 2.75. The number of hydrogen-bond acceptors (Lipinski definition) is 5. The van der Waals surface area contributed by atoms with E-state index in [4.69, 9.17) is 25.8 Å². The summed E-state index contributed by atoms with van der Waals surface area (Å²) in [6.45, 7) is 2.58. The number of amides is 2. The number of benzene rings is 2. The molecule has 7 nitrogen and oxygen atoms in total. The number of hydrogen-bond donors (Lipinski definition) is 1. The van der Waals surface area contributed by atoms with Gasteiger partial charge in [-0.25, -0.2) is 0 Å². The van der Waals surface area contributed by atoms with Crippen LogP contribution in [0.1, 0.15) is 25.3 Å². The van der Waals surface area contributed by atoms with Gasteiger partial charge in [-0.1, -0.05) is 23.7 Å². The number of carbonyl (C=O) groups is 2. The quantitative estimate of drug-likeness (QED) is 0.723. The summed E-state index contributed by atoms with van der Waals surface area (Å²) in [4.78, 5) is 26.7. The van der Waals surface area contributed by atoms with E-state index < -0.39 is 0 Å². The maximum absolute atomic E-state index is 12.8. The van der Waals surface area contributed by atoms with Crippen molar-refractivity contribution in [1.82, 2.24) is 5.32 Å². The Morgan fingerprint density at radius 3 is 2.73 bits per heavy atom. The summed E-state index contributed by atoms with van der Waals surface area (Å²) in [5, 5.41) is 3.35. The molecule has 1 atom stereocenters. The molecule has 2 aromatic carbocycles. The van der Waals surface area contributed by atoms with Crippen molar-refractivity contribution in [3.05, 3.63) is 47.0 Å². The first kappa shape index (κ1) is 21.8. The molecular weight excluding hydrogens is 408 g/mol. The van der Waals surface area contributed by atoms with Crippen molar-refractivity contribution in [1.29, 1.82) is 0 Å². The second kappa shape index (κ2) is 9.71. The minimum atomic E-state index is -0.221. The Morgan fingerprint density at radius 2 is 2.00 bits per heavy atom. The van der Waals surface area contributed by atoms with Crippen molar-refractivity contribution < 1.29 is 23.8 Å². The van der Waals surface area contributed by atoms with Crippen molar-refractivity contribution in [2.75, 3.05) is 25.7 Å². The Balaban J connectivity index is 1.58. The fourth-order valence-electron chi connectivity index (χ4n) is 3.38. The standard InChI is InChI=1S/C22H25ClN2O5/c1-14-13-25(17-11-16(23)7-8-18(17)30-14)21(27)10-9-20(26)24-12-15-5-4-6-19(28-2)22(15)29-3/h4-8,11,14H,9-10,12-13H2,1-3H3,(H,24,26). The highest BCUT2D eigenvalue weighted by molar-refractivity contribution is 6.31. The van der Waals surface area contributed by atoms with Gasteiger partial charge in [-0.3, -0.25) is 9.59 Å². The molecule has 0 fully saturated rings. The summed E-state index contributed by atoms with van der Waals surface area (Å²) in [6.07, 6.45) is 0.0175. The zero-order valence-electron chi connectivity index (χ0n) is 17.2. The molecule has 0 saturated heterocycles. The fraction of sp³-hybridized carbons (Fsp3) is 0.364. The third-order valence-corrected chi connectivity index (χ3v) is 5.04. The molecule has 30 heavy (non-hydrogen) atoms. The fourth-order valence-corrected chi connectivity index (χ4v) is 3.54. The van der Waals surface area contributed by atoms with Crippen molar-refractivity contribution in [2.45, 2.75) is 32.4 Å². The van der Waals surface area contributed by atoms with Crippen LogP contribution in [-0.2, 0) is 16.1 Å². The molecule has 0 spiro atoms. The van der Waals surface area contributed by atoms with E-state index >= 15 is 0 Å². The number of fused-ring (bicyclic) bond motifs is 1. The molecule has 2 aromatic rings. The maximum Gasteiger partial charge on any atom is 0.227 e. The van der Waals surface area contributed by atoms with Crippen molar-refractivity contribution in [3.63, 3.8) is 0 Å². The van der Waals surface area contributed by atoms with Crippen LogP contribution in [0, 0.1) is 0 Å². The number of nitrogens with zero attached hydrogens (tertiary/aromatic N) is 1. The average molecular weight is 433 g/mol. The number of nitrogens with one attached hydrogen (secondary N) is 1. The van der Waals surface area contributed by atoms with E-state index in [1.54, 1.807) is 43.4 Å². The molecular formula is C22H25ClN2O5. The van der Waals surface area contributed by atoms with Gasteiger partial charge < -0.3 is 24.4 Å². The molecule has 1 aliphatic rings. The highest BCUT2D eigenvalue weighted by Gasteiger charge is 2.28. The molecule has 8 heteroatoms. The summed E-state index contributed by atoms with van der Waals surface area (Å²) in [7, 11) is 3.11. The van der Waals surface area contributed by atoms with Gasteiger partial charge in [0.05, 0.1) is 26.5 Å². The molecule has 0 bridgehead atoms. The normalized spacial score (nSPS) is 15.1. The monoisotopic (exact) mass is 432 g/mol. The highest BCUT2D eigenvalue weighted by atomic mass is 35.5. The first-order valence-electron chi connectivity index (χ1n) is 9.66. The number of rotatable bonds is 7. The first-order valence-corrected chi connectivity index (χ1v) is 10.0. The lowest BCUT2D eigenvalue weighted by atomic mass is 10.1. The molecule has 1 unspecified atom stereocenters. The molecule has 2 amide bonds. The Labute approximate surface area is 180 Å². The Morgan fingerprint density at radius 1 is 1.20 bits per heavy atom. The maximum atomic E-state index is 12.8. The molecule has 0 aliphatic carbocycles. The second-order valence-corrected chi connectivity index (χ2v) is 7.41. The molecule has 1 N–H and O–H groups in total. The van der Waals surface area contributed by atoms with Crippen LogP contribution in [0.4, 0.5) is 5.69 Å². The van der Waals surface area contributed by atoms with Crippen LogP contribution in [0.2, 0.25) is 5.02 Å². The predicted molar refractivity (Wildman–Crippen MR) is 115 cm³/mol. The van der Waals surface area contributed by atoms with E-state index in [9.17, 15) is 9.59 Å². The van der Waals surface area contributed by atoms with Crippen LogP contribution in [-0.4, -0.2) is 38.7 Å². The van der Waals surface area contributed by atoms with Crippen LogP contribution in [0.5, 0.6) is 17.2 Å². The second-order valence-electron chi connectivity index (χ2n) is 6.97. The van der Waals surface area contributed by atoms with Crippen LogP contribution in [0.3, 0.4) is 0 Å². The summed E-state index contributed by atoms with van der Waals surface area (Å²) >= 11 is 6.08. The minimum absolute atomic E-state index is 0.0761. The first-order chi connectivity index (χ1) is 14.4. The van der Waals surface area contributed by atoms with Crippen molar-refractivity contribution in [2.24, 2.45) is 0 Å². The Kier molecular flexibility index (Phi) is 7.05. The summed E-state index contributed by atoms with van der Waals surface area (Å²) < 4.78 is 16.4. The van der Waals surface area contributed by atoms with E-state index in [0.29, 0.717) is 34.5 Å². The Bertz CT molecular complexity index is 934. The van der Waals surface area contributed by atoms with Gasteiger partial charge in [0.2, 0.25) is 11.8 Å². The SMILES string of the molecule is COc1cccc(CNC(=O)CCC(=O)N2CC(C)Oc3ccc(Cl)cc32)c1OC. The molecule has 0 radical (unpaired) electrons. The van der Waals surface area contributed by atoms with Crippen LogP contribution >= 0.6 is 11.6 Å². The summed E-state index contributed by atoms with van der Waals surface area (Å²) in [6, 6.07) is 10.6. The number of anilines is 1. The van der Waals surface area contributed by atoms with Gasteiger partial charge in [0, 0.05) is 30.0 Å². The van der Waals surface area contributed by atoms with E-state index in [2.05, 4.69) is 5.32 Å². The molecule has 1 heterocycles. The van der Waals surface area contributed by atoms with Crippen LogP contribution < -0.4 is 24.4 Å². The molecule has 0 aromatic heterocycles. The number of methoxy groups -OCH3 is 2. The molecule has 160 valence electrons. The third kappa shape index (κ3) is 4.97. The van der Waals surface area contributed by atoms with E-state index in [1.807, 2.05) is 19.1 Å². The lowest BCUT2D eigenvalue weighted by Crippen LogP contribution is -2.42. The summed E-state index contributed by atoms with van der Waals surface area (Å²) in [5.74, 6) is 1.41. The zero-order chi connectivity index (χ0) is 21.7. The van der Waals surface area contributed by atoms with Crippen molar-refractivity contribution >= 4 is 29.1 Å². The van der Waals surface area contributed by atoms with Gasteiger partial charge in [-0.2, -0.15) is 0 Å². The lowest BCUT2D eigenvalue weighted by Gasteiger charge is -2.33. The van der Waals surface area contributed by atoms with Crippen LogP contribution in [0.25, 0.3) is 0 Å². The number of halogens is 1. The number of ether oxygens (including phenoxy) is 3. The van der Waals surface area contributed by atoms with E-state index in [-0.39, 0.29) is 37.3 Å². The largest absolute Gasteiger partial charge is 0.493 e. The minimum Gasteiger partial charge on any atom is -0.493 e. The molecule has 0 saturated carbocycles. The summed E-state index contributed by atoms with van der Waals surface area (Å²) in [5.41, 5.74) is 1.43. The number of carbonyl (C=O) groups excluding carboxylic acids is 2. The van der Waals surface area contributed by atoms with Gasteiger partial charge in [-0.05, 0) is 31.2 Å². The zero-order valence-corrected chi connectivity index (χ0v) is 18.0. The van der Waals surface area contributed by atoms with Gasteiger partial charge in [-0.15, -0.1) is 0 Å². The molecule has 1 aliphatic heterocycles.